The van der Waals surface area contributed by atoms with Gasteiger partial charge in [-0.25, -0.2) is 13.2 Å². The summed E-state index contributed by atoms with van der Waals surface area (Å²) in [6, 6.07) is 5.90. The molecule has 1 nitrogen and oxygen atoms in total. The van der Waals surface area contributed by atoms with E-state index >= 15 is 0 Å². The van der Waals surface area contributed by atoms with Gasteiger partial charge in [0.25, 0.3) is 0 Å². The molecule has 0 aliphatic rings. The van der Waals surface area contributed by atoms with Crippen molar-refractivity contribution >= 4 is 28.4 Å². The van der Waals surface area contributed by atoms with Gasteiger partial charge in [-0.1, -0.05) is 12.1 Å². The van der Waals surface area contributed by atoms with Crippen LogP contribution in [-0.4, -0.2) is 5.78 Å². The number of aryl methyl sites for hydroxylation is 1. The van der Waals surface area contributed by atoms with Gasteiger partial charge in [-0.15, -0.1) is 0 Å². The second-order valence-electron chi connectivity index (χ2n) is 4.01. The smallest absolute Gasteiger partial charge is 0.200 e. The van der Waals surface area contributed by atoms with E-state index in [9.17, 15) is 18.0 Å². The van der Waals surface area contributed by atoms with Gasteiger partial charge >= 0.3 is 0 Å². The number of carbonyl (C=O) groups is 1. The maximum atomic E-state index is 13.6. The molecule has 0 amide bonds. The van der Waals surface area contributed by atoms with Crippen molar-refractivity contribution in [3.63, 3.8) is 0 Å². The largest absolute Gasteiger partial charge is 0.288 e. The molecule has 2 aromatic rings. The summed E-state index contributed by atoms with van der Waals surface area (Å²) < 4.78 is 40.6. The number of rotatable bonds is 2. The molecule has 0 aliphatic heterocycles. The predicted molar refractivity (Wildman–Crippen MR) is 73.6 cm³/mol. The van der Waals surface area contributed by atoms with Crippen molar-refractivity contribution in [1.82, 2.24) is 0 Å². The van der Waals surface area contributed by atoms with Gasteiger partial charge in [0.15, 0.2) is 5.78 Å². The molecule has 2 rings (SSSR count). The summed E-state index contributed by atoms with van der Waals surface area (Å²) in [6.45, 7) is 1.79. The summed E-state index contributed by atoms with van der Waals surface area (Å²) in [5.74, 6) is -4.23. The quantitative estimate of drug-likeness (QED) is 0.566. The SMILES string of the molecule is Cc1cccc(C(=O)c2c(F)cc(F)cc2F)c1I. The lowest BCUT2D eigenvalue weighted by Gasteiger charge is -2.08. The molecule has 0 bridgehead atoms. The third-order valence-corrected chi connectivity index (χ3v) is 4.10. The summed E-state index contributed by atoms with van der Waals surface area (Å²) in [7, 11) is 0. The highest BCUT2D eigenvalue weighted by molar-refractivity contribution is 14.1. The van der Waals surface area contributed by atoms with E-state index in [1.165, 1.54) is 6.07 Å². The third-order valence-electron chi connectivity index (χ3n) is 2.67. The molecular weight excluding hydrogens is 368 g/mol. The first-order valence-corrected chi connectivity index (χ1v) is 6.44. The average Bonchev–Trinajstić information content (AvgIpc) is 2.31. The minimum atomic E-state index is -1.19. The van der Waals surface area contributed by atoms with Gasteiger partial charge < -0.3 is 0 Å². The lowest BCUT2D eigenvalue weighted by Crippen LogP contribution is -2.10. The highest BCUT2D eigenvalue weighted by Crippen LogP contribution is 2.23. The Bertz CT molecular complexity index is 645. The van der Waals surface area contributed by atoms with Crippen LogP contribution >= 0.6 is 22.6 Å². The van der Waals surface area contributed by atoms with Crippen molar-refractivity contribution in [1.29, 1.82) is 0 Å². The van der Waals surface area contributed by atoms with Crippen LogP contribution in [0, 0.1) is 27.9 Å². The van der Waals surface area contributed by atoms with Gasteiger partial charge in [0.1, 0.15) is 17.5 Å². The summed E-state index contributed by atoms with van der Waals surface area (Å²) >= 11 is 1.94. The van der Waals surface area contributed by atoms with Crippen LogP contribution in [-0.2, 0) is 0 Å². The highest BCUT2D eigenvalue weighted by Gasteiger charge is 2.22. The second kappa shape index (κ2) is 5.32. The molecule has 98 valence electrons. The molecule has 0 radical (unpaired) electrons. The van der Waals surface area contributed by atoms with Crippen LogP contribution in [0.3, 0.4) is 0 Å². The molecule has 0 atom stereocenters. The van der Waals surface area contributed by atoms with Gasteiger partial charge in [0, 0.05) is 21.3 Å². The van der Waals surface area contributed by atoms with E-state index in [-0.39, 0.29) is 5.56 Å². The molecule has 0 fully saturated rings. The number of carbonyl (C=O) groups excluding carboxylic acids is 1. The van der Waals surface area contributed by atoms with E-state index in [0.29, 0.717) is 15.7 Å². The molecular formula is C14H8F3IO. The van der Waals surface area contributed by atoms with Gasteiger partial charge in [-0.2, -0.15) is 0 Å². The Labute approximate surface area is 121 Å². The number of benzene rings is 2. The van der Waals surface area contributed by atoms with E-state index < -0.39 is 28.8 Å². The van der Waals surface area contributed by atoms with Gasteiger partial charge in [-0.3, -0.25) is 4.79 Å². The molecule has 19 heavy (non-hydrogen) atoms. The minimum Gasteiger partial charge on any atom is -0.288 e. The fraction of sp³-hybridized carbons (Fsp3) is 0.0714. The van der Waals surface area contributed by atoms with Gasteiger partial charge in [0.2, 0.25) is 0 Å². The molecule has 0 saturated heterocycles. The van der Waals surface area contributed by atoms with Crippen LogP contribution < -0.4 is 0 Å². The summed E-state index contributed by atoms with van der Waals surface area (Å²) in [5, 5.41) is 0. The van der Waals surface area contributed by atoms with E-state index in [0.717, 1.165) is 5.56 Å². The summed E-state index contributed by atoms with van der Waals surface area (Å²) in [4.78, 5) is 12.2. The van der Waals surface area contributed by atoms with Crippen molar-refractivity contribution < 1.29 is 18.0 Å². The molecule has 0 aliphatic carbocycles. The normalized spacial score (nSPS) is 10.6. The van der Waals surface area contributed by atoms with E-state index in [1.807, 2.05) is 22.6 Å². The molecule has 0 unspecified atom stereocenters. The Balaban J connectivity index is 2.60. The van der Waals surface area contributed by atoms with E-state index in [4.69, 9.17) is 0 Å². The zero-order valence-corrected chi connectivity index (χ0v) is 12.0. The lowest BCUT2D eigenvalue weighted by atomic mass is 10.0. The fourth-order valence-electron chi connectivity index (χ4n) is 1.72. The zero-order chi connectivity index (χ0) is 14.2. The topological polar surface area (TPSA) is 17.1 Å². The number of hydrogen-bond donors (Lipinski definition) is 0. The average molecular weight is 376 g/mol. The maximum Gasteiger partial charge on any atom is 0.200 e. The monoisotopic (exact) mass is 376 g/mol. The van der Waals surface area contributed by atoms with Crippen molar-refractivity contribution in [3.05, 3.63) is 68.0 Å². The van der Waals surface area contributed by atoms with Crippen LogP contribution in [0.25, 0.3) is 0 Å². The summed E-state index contributed by atoms with van der Waals surface area (Å²) in [6.07, 6.45) is 0. The van der Waals surface area contributed by atoms with E-state index in [1.54, 1.807) is 19.1 Å². The van der Waals surface area contributed by atoms with Crippen LogP contribution in [0.2, 0.25) is 0 Å². The van der Waals surface area contributed by atoms with E-state index in [2.05, 4.69) is 0 Å². The maximum absolute atomic E-state index is 13.6. The molecule has 0 N–H and O–H groups in total. The molecule has 0 saturated carbocycles. The molecule has 5 heteroatoms. The highest BCUT2D eigenvalue weighted by atomic mass is 127. The molecule has 2 aromatic carbocycles. The number of hydrogen-bond acceptors (Lipinski definition) is 1. The Morgan fingerprint density at radius 2 is 1.68 bits per heavy atom. The fourth-order valence-corrected chi connectivity index (χ4v) is 2.32. The van der Waals surface area contributed by atoms with Gasteiger partial charge in [-0.05, 0) is 41.1 Å². The first kappa shape index (κ1) is 14.0. The Morgan fingerprint density at radius 3 is 2.26 bits per heavy atom. The Hall–Kier alpha value is -1.37. The number of ketones is 1. The van der Waals surface area contributed by atoms with Crippen molar-refractivity contribution in [2.45, 2.75) is 6.92 Å². The minimum absolute atomic E-state index is 0.199. The molecule has 0 spiro atoms. The van der Waals surface area contributed by atoms with Crippen LogP contribution in [0.4, 0.5) is 13.2 Å². The Kier molecular flexibility index (Phi) is 3.93. The first-order valence-electron chi connectivity index (χ1n) is 5.36. The summed E-state index contributed by atoms with van der Waals surface area (Å²) in [5.41, 5.74) is 0.296. The van der Waals surface area contributed by atoms with Crippen molar-refractivity contribution in [2.24, 2.45) is 0 Å². The zero-order valence-electron chi connectivity index (χ0n) is 9.81. The molecule has 0 heterocycles. The molecule has 0 aromatic heterocycles. The van der Waals surface area contributed by atoms with Gasteiger partial charge in [0.05, 0.1) is 5.56 Å². The second-order valence-corrected chi connectivity index (χ2v) is 5.09. The third kappa shape index (κ3) is 2.65. The van der Waals surface area contributed by atoms with Crippen LogP contribution in [0.5, 0.6) is 0 Å². The van der Waals surface area contributed by atoms with Crippen molar-refractivity contribution in [3.8, 4) is 0 Å². The van der Waals surface area contributed by atoms with Crippen molar-refractivity contribution in [2.75, 3.05) is 0 Å². The van der Waals surface area contributed by atoms with Crippen LogP contribution in [0.15, 0.2) is 30.3 Å². The lowest BCUT2D eigenvalue weighted by molar-refractivity contribution is 0.103. The Morgan fingerprint density at radius 1 is 1.11 bits per heavy atom. The number of halogens is 4. The standard InChI is InChI=1S/C14H8F3IO/c1-7-3-2-4-9(13(7)18)14(19)12-10(16)5-8(15)6-11(12)17/h2-6H,1H3. The first-order chi connectivity index (χ1) is 8.91. The predicted octanol–water partition coefficient (Wildman–Crippen LogP) is 4.25. The van der Waals surface area contributed by atoms with Crippen LogP contribution in [0.1, 0.15) is 21.5 Å².